The van der Waals surface area contributed by atoms with Crippen LogP contribution in [0.4, 0.5) is 30.6 Å². The van der Waals surface area contributed by atoms with Crippen molar-refractivity contribution in [2.45, 2.75) is 33.0 Å². The Morgan fingerprint density at radius 3 is 2.39 bits per heavy atom. The molecule has 4 nitrogen and oxygen atoms in total. The maximum atomic E-state index is 13.0. The van der Waals surface area contributed by atoms with Gasteiger partial charge in [-0.1, -0.05) is 15.9 Å². The highest BCUT2D eigenvalue weighted by Crippen LogP contribution is 2.31. The minimum Gasteiger partial charge on any atom is -0.352 e. The lowest BCUT2D eigenvalue weighted by Crippen LogP contribution is -2.17. The first kappa shape index (κ1) is 17.5. The largest absolute Gasteiger partial charge is 0.433 e. The van der Waals surface area contributed by atoms with Crippen molar-refractivity contribution < 1.29 is 13.2 Å². The maximum absolute atomic E-state index is 13.0. The number of rotatable bonds is 4. The molecule has 0 saturated carbocycles. The topological polar surface area (TPSA) is 49.8 Å². The molecule has 0 amide bonds. The molecule has 0 unspecified atom stereocenters. The van der Waals surface area contributed by atoms with Crippen LogP contribution in [0.15, 0.2) is 28.7 Å². The standard InChI is InChI=1S/C15H16BrF3N4/c1-8(2)20-14-22-12(15(17,18)19)7-13(23-14)21-10-4-5-11(16)9(3)6-10/h4-8H,1-3H3,(H2,20,21,22,23). The molecule has 2 rings (SSSR count). The van der Waals surface area contributed by atoms with Crippen molar-refractivity contribution in [3.63, 3.8) is 0 Å². The van der Waals surface area contributed by atoms with Gasteiger partial charge in [0, 0.05) is 22.3 Å². The zero-order chi connectivity index (χ0) is 17.2. The minimum absolute atomic E-state index is 0.0637. The smallest absolute Gasteiger partial charge is 0.352 e. The number of nitrogens with one attached hydrogen (secondary N) is 2. The number of benzene rings is 1. The first-order valence-electron chi connectivity index (χ1n) is 6.91. The molecular weight excluding hydrogens is 373 g/mol. The molecule has 0 aliphatic rings. The molecule has 0 spiro atoms. The Bertz CT molecular complexity index is 702. The van der Waals surface area contributed by atoms with Gasteiger partial charge in [-0.15, -0.1) is 0 Å². The van der Waals surface area contributed by atoms with E-state index in [9.17, 15) is 13.2 Å². The summed E-state index contributed by atoms with van der Waals surface area (Å²) in [5, 5.41) is 5.68. The van der Waals surface area contributed by atoms with Gasteiger partial charge in [0.25, 0.3) is 0 Å². The van der Waals surface area contributed by atoms with E-state index in [1.807, 2.05) is 19.1 Å². The summed E-state index contributed by atoms with van der Waals surface area (Å²) in [6, 6.07) is 6.19. The number of aryl methyl sites for hydroxylation is 1. The molecular formula is C15H16BrF3N4. The minimum atomic E-state index is -4.54. The molecule has 0 aliphatic heterocycles. The molecule has 0 radical (unpaired) electrons. The first-order chi connectivity index (χ1) is 10.6. The van der Waals surface area contributed by atoms with Crippen LogP contribution in [-0.2, 0) is 6.18 Å². The highest BCUT2D eigenvalue weighted by Gasteiger charge is 2.33. The second-order valence-electron chi connectivity index (χ2n) is 5.35. The lowest BCUT2D eigenvalue weighted by atomic mass is 10.2. The van der Waals surface area contributed by atoms with Crippen LogP contribution >= 0.6 is 15.9 Å². The van der Waals surface area contributed by atoms with Gasteiger partial charge in [-0.25, -0.2) is 4.98 Å². The summed E-state index contributed by atoms with van der Waals surface area (Å²) in [4.78, 5) is 7.61. The highest BCUT2D eigenvalue weighted by molar-refractivity contribution is 9.10. The van der Waals surface area contributed by atoms with E-state index in [4.69, 9.17) is 0 Å². The van der Waals surface area contributed by atoms with Crippen LogP contribution in [0.5, 0.6) is 0 Å². The molecule has 0 saturated heterocycles. The number of aromatic nitrogens is 2. The lowest BCUT2D eigenvalue weighted by Gasteiger charge is -2.14. The Morgan fingerprint density at radius 2 is 1.83 bits per heavy atom. The summed E-state index contributed by atoms with van der Waals surface area (Å²) >= 11 is 3.38. The normalized spacial score (nSPS) is 11.7. The number of nitrogens with zero attached hydrogens (tertiary/aromatic N) is 2. The second kappa shape index (κ2) is 6.74. The fourth-order valence-electron chi connectivity index (χ4n) is 1.85. The molecule has 0 aliphatic carbocycles. The van der Waals surface area contributed by atoms with Gasteiger partial charge in [0.2, 0.25) is 5.95 Å². The molecule has 0 atom stereocenters. The zero-order valence-corrected chi connectivity index (χ0v) is 14.4. The van der Waals surface area contributed by atoms with Gasteiger partial charge < -0.3 is 10.6 Å². The summed E-state index contributed by atoms with van der Waals surface area (Å²) in [6.45, 7) is 5.49. The summed E-state index contributed by atoms with van der Waals surface area (Å²) in [5.74, 6) is 0.0170. The number of hydrogen-bond acceptors (Lipinski definition) is 4. The Hall–Kier alpha value is -1.83. The van der Waals surface area contributed by atoms with Crippen LogP contribution in [0.2, 0.25) is 0 Å². The number of halogens is 4. The number of hydrogen-bond donors (Lipinski definition) is 2. The SMILES string of the molecule is Cc1cc(Nc2cc(C(F)(F)F)nc(NC(C)C)n2)ccc1Br. The average Bonchev–Trinajstić information content (AvgIpc) is 2.41. The Labute approximate surface area is 140 Å². The molecule has 1 aromatic heterocycles. The van der Waals surface area contributed by atoms with E-state index in [1.165, 1.54) is 0 Å². The van der Waals surface area contributed by atoms with Crippen LogP contribution in [0.1, 0.15) is 25.1 Å². The van der Waals surface area contributed by atoms with Crippen molar-refractivity contribution in [1.82, 2.24) is 9.97 Å². The molecule has 0 fully saturated rings. The van der Waals surface area contributed by atoms with E-state index in [2.05, 4.69) is 36.5 Å². The monoisotopic (exact) mass is 388 g/mol. The summed E-state index contributed by atoms with van der Waals surface area (Å²) in [7, 11) is 0. The van der Waals surface area contributed by atoms with E-state index >= 15 is 0 Å². The molecule has 124 valence electrons. The Kier molecular flexibility index (Phi) is 5.13. The third-order valence-corrected chi connectivity index (χ3v) is 3.75. The van der Waals surface area contributed by atoms with E-state index in [0.717, 1.165) is 16.1 Å². The van der Waals surface area contributed by atoms with Crippen LogP contribution in [0.25, 0.3) is 0 Å². The van der Waals surface area contributed by atoms with E-state index in [-0.39, 0.29) is 17.8 Å². The number of anilines is 3. The molecule has 0 bridgehead atoms. The lowest BCUT2D eigenvalue weighted by molar-refractivity contribution is -0.141. The molecule has 1 aromatic carbocycles. The third-order valence-electron chi connectivity index (χ3n) is 2.86. The third kappa shape index (κ3) is 4.82. The van der Waals surface area contributed by atoms with Crippen molar-refractivity contribution in [2.75, 3.05) is 10.6 Å². The van der Waals surface area contributed by atoms with Gasteiger partial charge in [0.05, 0.1) is 0 Å². The quantitative estimate of drug-likeness (QED) is 0.761. The molecule has 2 aromatic rings. The van der Waals surface area contributed by atoms with Gasteiger partial charge in [-0.2, -0.15) is 18.2 Å². The predicted molar refractivity (Wildman–Crippen MR) is 88.0 cm³/mol. The van der Waals surface area contributed by atoms with Crippen LogP contribution in [0, 0.1) is 6.92 Å². The summed E-state index contributed by atoms with van der Waals surface area (Å²) in [6.07, 6.45) is -4.54. The van der Waals surface area contributed by atoms with Gasteiger partial charge in [0.1, 0.15) is 5.82 Å². The maximum Gasteiger partial charge on any atom is 0.433 e. The average molecular weight is 389 g/mol. The predicted octanol–water partition coefficient (Wildman–Crippen LogP) is 5.13. The highest BCUT2D eigenvalue weighted by atomic mass is 79.9. The zero-order valence-electron chi connectivity index (χ0n) is 12.8. The van der Waals surface area contributed by atoms with Crippen molar-refractivity contribution in [3.05, 3.63) is 40.0 Å². The summed E-state index contributed by atoms with van der Waals surface area (Å²) < 4.78 is 39.9. The van der Waals surface area contributed by atoms with Crippen molar-refractivity contribution in [1.29, 1.82) is 0 Å². The van der Waals surface area contributed by atoms with Crippen molar-refractivity contribution >= 4 is 33.4 Å². The van der Waals surface area contributed by atoms with Crippen molar-refractivity contribution in [3.8, 4) is 0 Å². The first-order valence-corrected chi connectivity index (χ1v) is 7.70. The Balaban J connectivity index is 2.37. The van der Waals surface area contributed by atoms with Crippen LogP contribution in [0.3, 0.4) is 0 Å². The van der Waals surface area contributed by atoms with Gasteiger partial charge in [0.15, 0.2) is 5.69 Å². The fraction of sp³-hybridized carbons (Fsp3) is 0.333. The molecule has 23 heavy (non-hydrogen) atoms. The van der Waals surface area contributed by atoms with E-state index in [0.29, 0.717) is 5.69 Å². The van der Waals surface area contributed by atoms with Gasteiger partial charge in [-0.3, -0.25) is 0 Å². The van der Waals surface area contributed by atoms with Gasteiger partial charge in [-0.05, 0) is 44.5 Å². The Morgan fingerprint density at radius 1 is 1.13 bits per heavy atom. The van der Waals surface area contributed by atoms with Crippen LogP contribution < -0.4 is 10.6 Å². The van der Waals surface area contributed by atoms with Crippen LogP contribution in [-0.4, -0.2) is 16.0 Å². The summed E-state index contributed by atoms with van der Waals surface area (Å²) in [5.41, 5.74) is 0.612. The van der Waals surface area contributed by atoms with Crippen molar-refractivity contribution in [2.24, 2.45) is 0 Å². The molecule has 2 N–H and O–H groups in total. The molecule has 1 heterocycles. The second-order valence-corrected chi connectivity index (χ2v) is 6.20. The van der Waals surface area contributed by atoms with E-state index < -0.39 is 11.9 Å². The number of alkyl halides is 3. The molecule has 8 heteroatoms. The van der Waals surface area contributed by atoms with Gasteiger partial charge >= 0.3 is 6.18 Å². The van der Waals surface area contributed by atoms with E-state index in [1.54, 1.807) is 19.9 Å². The fourth-order valence-corrected chi connectivity index (χ4v) is 2.10.